The number of nitrogens with zero attached hydrogens (tertiary/aromatic N) is 1. The van der Waals surface area contributed by atoms with E-state index in [9.17, 15) is 0 Å². The highest BCUT2D eigenvalue weighted by Crippen LogP contribution is 2.12. The summed E-state index contributed by atoms with van der Waals surface area (Å²) in [5.74, 6) is 0.885. The third kappa shape index (κ3) is 3.55. The SMILES string of the molecule is Cc1cnc(CNCCC2CCNC2)s1. The molecule has 1 saturated heterocycles. The van der Waals surface area contributed by atoms with E-state index >= 15 is 0 Å². The zero-order valence-corrected chi connectivity index (χ0v) is 10.1. The summed E-state index contributed by atoms with van der Waals surface area (Å²) in [4.78, 5) is 5.63. The monoisotopic (exact) mass is 225 g/mol. The minimum absolute atomic E-state index is 0.885. The summed E-state index contributed by atoms with van der Waals surface area (Å²) in [6, 6.07) is 0. The van der Waals surface area contributed by atoms with E-state index in [1.807, 2.05) is 6.20 Å². The van der Waals surface area contributed by atoms with E-state index in [-0.39, 0.29) is 0 Å². The van der Waals surface area contributed by atoms with Gasteiger partial charge in [0.2, 0.25) is 0 Å². The van der Waals surface area contributed by atoms with E-state index in [1.54, 1.807) is 11.3 Å². The second kappa shape index (κ2) is 5.58. The molecular formula is C11H19N3S. The molecule has 15 heavy (non-hydrogen) atoms. The second-order valence-corrected chi connectivity index (χ2v) is 5.51. The highest BCUT2D eigenvalue weighted by molar-refractivity contribution is 7.11. The molecule has 1 aliphatic rings. The van der Waals surface area contributed by atoms with Crippen molar-refractivity contribution in [3.05, 3.63) is 16.1 Å². The van der Waals surface area contributed by atoms with Gasteiger partial charge in [0.05, 0.1) is 0 Å². The highest BCUT2D eigenvalue weighted by Gasteiger charge is 2.13. The summed E-state index contributed by atoms with van der Waals surface area (Å²) >= 11 is 1.78. The second-order valence-electron chi connectivity index (χ2n) is 4.19. The quantitative estimate of drug-likeness (QED) is 0.746. The van der Waals surface area contributed by atoms with E-state index in [4.69, 9.17) is 0 Å². The molecule has 1 aromatic heterocycles. The fraction of sp³-hybridized carbons (Fsp3) is 0.727. The number of hydrogen-bond donors (Lipinski definition) is 2. The van der Waals surface area contributed by atoms with Crippen LogP contribution in [-0.2, 0) is 6.54 Å². The Labute approximate surface area is 95.3 Å². The standard InChI is InChI=1S/C11H19N3S/c1-9-6-14-11(15-9)8-13-5-3-10-2-4-12-7-10/h6,10,12-13H,2-5,7-8H2,1H3. The Hall–Kier alpha value is -0.450. The van der Waals surface area contributed by atoms with Crippen molar-refractivity contribution in [1.82, 2.24) is 15.6 Å². The lowest BCUT2D eigenvalue weighted by Gasteiger charge is -2.07. The normalized spacial score (nSPS) is 21.0. The maximum Gasteiger partial charge on any atom is 0.107 e. The van der Waals surface area contributed by atoms with Crippen molar-refractivity contribution in [3.8, 4) is 0 Å². The van der Waals surface area contributed by atoms with Crippen LogP contribution in [0, 0.1) is 12.8 Å². The lowest BCUT2D eigenvalue weighted by Crippen LogP contribution is -2.18. The Balaban J connectivity index is 1.58. The molecule has 1 aliphatic heterocycles. The van der Waals surface area contributed by atoms with Crippen LogP contribution in [0.15, 0.2) is 6.20 Å². The number of nitrogens with one attached hydrogen (secondary N) is 2. The number of aromatic nitrogens is 1. The Bertz CT molecular complexity index is 292. The van der Waals surface area contributed by atoms with Gasteiger partial charge in [0.1, 0.15) is 5.01 Å². The summed E-state index contributed by atoms with van der Waals surface area (Å²) in [5, 5.41) is 8.06. The van der Waals surface area contributed by atoms with Gasteiger partial charge in [-0.2, -0.15) is 0 Å². The van der Waals surface area contributed by atoms with Gasteiger partial charge in [-0.3, -0.25) is 0 Å². The average Bonchev–Trinajstić information content (AvgIpc) is 2.84. The molecular weight excluding hydrogens is 206 g/mol. The Morgan fingerprint density at radius 3 is 3.27 bits per heavy atom. The van der Waals surface area contributed by atoms with Gasteiger partial charge < -0.3 is 10.6 Å². The summed E-state index contributed by atoms with van der Waals surface area (Å²) in [7, 11) is 0. The smallest absolute Gasteiger partial charge is 0.107 e. The van der Waals surface area contributed by atoms with Crippen LogP contribution in [0.1, 0.15) is 22.7 Å². The lowest BCUT2D eigenvalue weighted by atomic mass is 10.1. The van der Waals surface area contributed by atoms with Crippen LogP contribution in [0.4, 0.5) is 0 Å². The lowest BCUT2D eigenvalue weighted by molar-refractivity contribution is 0.500. The van der Waals surface area contributed by atoms with E-state index in [2.05, 4.69) is 22.5 Å². The molecule has 0 aromatic carbocycles. The Kier molecular flexibility index (Phi) is 4.11. The maximum atomic E-state index is 4.33. The maximum absolute atomic E-state index is 4.33. The average molecular weight is 225 g/mol. The molecule has 2 rings (SSSR count). The van der Waals surface area contributed by atoms with Crippen molar-refractivity contribution in [3.63, 3.8) is 0 Å². The van der Waals surface area contributed by atoms with Crippen LogP contribution in [0.5, 0.6) is 0 Å². The molecule has 0 saturated carbocycles. The van der Waals surface area contributed by atoms with Crippen molar-refractivity contribution >= 4 is 11.3 Å². The first-order valence-corrected chi connectivity index (χ1v) is 6.49. The van der Waals surface area contributed by atoms with Crippen molar-refractivity contribution in [2.75, 3.05) is 19.6 Å². The minimum atomic E-state index is 0.885. The van der Waals surface area contributed by atoms with E-state index < -0.39 is 0 Å². The fourth-order valence-corrected chi connectivity index (χ4v) is 2.70. The number of rotatable bonds is 5. The first-order valence-electron chi connectivity index (χ1n) is 5.67. The molecule has 4 heteroatoms. The first-order chi connectivity index (χ1) is 7.34. The van der Waals surface area contributed by atoms with Gasteiger partial charge >= 0.3 is 0 Å². The molecule has 0 amide bonds. The predicted octanol–water partition coefficient (Wildman–Crippen LogP) is 1.54. The molecule has 2 heterocycles. The van der Waals surface area contributed by atoms with Crippen molar-refractivity contribution in [2.45, 2.75) is 26.3 Å². The van der Waals surface area contributed by atoms with Crippen LogP contribution in [0.25, 0.3) is 0 Å². The Morgan fingerprint density at radius 1 is 1.67 bits per heavy atom. The van der Waals surface area contributed by atoms with Gasteiger partial charge in [0.15, 0.2) is 0 Å². The molecule has 0 spiro atoms. The van der Waals surface area contributed by atoms with E-state index in [1.165, 1.54) is 35.8 Å². The minimum Gasteiger partial charge on any atom is -0.316 e. The first kappa shape index (κ1) is 11.0. The molecule has 1 atom stereocenters. The van der Waals surface area contributed by atoms with Crippen molar-refractivity contribution in [1.29, 1.82) is 0 Å². The van der Waals surface area contributed by atoms with Crippen LogP contribution in [0.2, 0.25) is 0 Å². The van der Waals surface area contributed by atoms with Crippen molar-refractivity contribution in [2.24, 2.45) is 5.92 Å². The predicted molar refractivity (Wildman–Crippen MR) is 64.2 cm³/mol. The molecule has 0 aliphatic carbocycles. The summed E-state index contributed by atoms with van der Waals surface area (Å²) in [6.45, 7) is 6.56. The Morgan fingerprint density at radius 2 is 2.60 bits per heavy atom. The van der Waals surface area contributed by atoms with Gasteiger partial charge in [-0.15, -0.1) is 11.3 Å². The third-order valence-corrected chi connectivity index (χ3v) is 3.75. The molecule has 84 valence electrons. The molecule has 2 N–H and O–H groups in total. The number of aryl methyl sites for hydroxylation is 1. The highest BCUT2D eigenvalue weighted by atomic mass is 32.1. The molecule has 3 nitrogen and oxygen atoms in total. The van der Waals surface area contributed by atoms with E-state index in [0.29, 0.717) is 0 Å². The summed E-state index contributed by atoms with van der Waals surface area (Å²) in [6.07, 6.45) is 4.58. The van der Waals surface area contributed by atoms with Gasteiger partial charge in [-0.25, -0.2) is 4.98 Å². The van der Waals surface area contributed by atoms with Crippen LogP contribution >= 0.6 is 11.3 Å². The fourth-order valence-electron chi connectivity index (χ4n) is 1.95. The summed E-state index contributed by atoms with van der Waals surface area (Å²) < 4.78 is 0. The van der Waals surface area contributed by atoms with Gasteiger partial charge in [-0.1, -0.05) is 0 Å². The van der Waals surface area contributed by atoms with Crippen LogP contribution in [0.3, 0.4) is 0 Å². The van der Waals surface area contributed by atoms with Crippen molar-refractivity contribution < 1.29 is 0 Å². The molecule has 1 unspecified atom stereocenters. The molecule has 1 fully saturated rings. The van der Waals surface area contributed by atoms with Gasteiger partial charge in [0.25, 0.3) is 0 Å². The van der Waals surface area contributed by atoms with Gasteiger partial charge in [-0.05, 0) is 45.3 Å². The molecule has 0 radical (unpaired) electrons. The molecule has 0 bridgehead atoms. The molecule has 1 aromatic rings. The summed E-state index contributed by atoms with van der Waals surface area (Å²) in [5.41, 5.74) is 0. The zero-order valence-electron chi connectivity index (χ0n) is 9.25. The van der Waals surface area contributed by atoms with Gasteiger partial charge in [0, 0.05) is 17.6 Å². The zero-order chi connectivity index (χ0) is 10.5. The largest absolute Gasteiger partial charge is 0.316 e. The number of thiazole rings is 1. The topological polar surface area (TPSA) is 37.0 Å². The van der Waals surface area contributed by atoms with E-state index in [0.717, 1.165) is 19.0 Å². The number of hydrogen-bond acceptors (Lipinski definition) is 4. The van der Waals surface area contributed by atoms with Crippen LogP contribution < -0.4 is 10.6 Å². The third-order valence-electron chi connectivity index (χ3n) is 2.84. The van der Waals surface area contributed by atoms with Crippen LogP contribution in [-0.4, -0.2) is 24.6 Å².